The van der Waals surface area contributed by atoms with Gasteiger partial charge in [0, 0.05) is 0 Å². The van der Waals surface area contributed by atoms with Crippen molar-refractivity contribution in [2.75, 3.05) is 0 Å². The Morgan fingerprint density at radius 1 is 1.78 bits per heavy atom. The van der Waals surface area contributed by atoms with E-state index in [0.717, 1.165) is 0 Å². The van der Waals surface area contributed by atoms with Crippen LogP contribution in [0.1, 0.15) is 9.67 Å². The number of hydrogen-bond donors (Lipinski definition) is 1. The zero-order chi connectivity index (χ0) is 6.69. The Bertz CT molecular complexity index is 195. The van der Waals surface area contributed by atoms with E-state index in [9.17, 15) is 4.79 Å². The molecule has 1 amide bonds. The van der Waals surface area contributed by atoms with Crippen molar-refractivity contribution in [3.05, 3.63) is 22.4 Å². The van der Waals surface area contributed by atoms with Crippen molar-refractivity contribution in [1.29, 1.82) is 0 Å². The van der Waals surface area contributed by atoms with Crippen LogP contribution in [0.2, 0.25) is 0 Å². The average molecular weight is 158 g/mol. The summed E-state index contributed by atoms with van der Waals surface area (Å²) in [6.45, 7) is 0. The van der Waals surface area contributed by atoms with E-state index in [4.69, 9.17) is 0 Å². The number of thiol groups is 1. The first-order valence-electron chi connectivity index (χ1n) is 2.27. The Labute approximate surface area is 62.4 Å². The van der Waals surface area contributed by atoms with Crippen LogP contribution in [0.3, 0.4) is 0 Å². The fourth-order valence-corrected chi connectivity index (χ4v) is 1.23. The van der Waals surface area contributed by atoms with Gasteiger partial charge in [-0.15, -0.1) is 11.3 Å². The number of thiophene rings is 1. The van der Waals surface area contributed by atoms with Gasteiger partial charge in [0.05, 0.1) is 0 Å². The normalized spacial score (nSPS) is 9.44. The van der Waals surface area contributed by atoms with Gasteiger partial charge in [0.1, 0.15) is 4.88 Å². The highest BCUT2D eigenvalue weighted by molar-refractivity contribution is 7.78. The van der Waals surface area contributed by atoms with Crippen LogP contribution in [0.4, 0.5) is 0 Å². The monoisotopic (exact) mass is 158 g/mol. The molecule has 0 saturated carbocycles. The fourth-order valence-electron chi connectivity index (χ4n) is 0.450. The summed E-state index contributed by atoms with van der Waals surface area (Å²) in [6.07, 6.45) is 0. The van der Waals surface area contributed by atoms with Crippen molar-refractivity contribution in [2.24, 2.45) is 0 Å². The van der Waals surface area contributed by atoms with Gasteiger partial charge in [-0.1, -0.05) is 6.07 Å². The summed E-state index contributed by atoms with van der Waals surface area (Å²) in [5, 5.41) is 1.83. The largest absolute Gasteiger partial charge is 0.478 e. The van der Waals surface area contributed by atoms with Crippen LogP contribution in [0.15, 0.2) is 17.5 Å². The van der Waals surface area contributed by atoms with Crippen molar-refractivity contribution >= 4 is 30.1 Å². The van der Waals surface area contributed by atoms with Gasteiger partial charge in [0.2, 0.25) is 4.72 Å². The van der Waals surface area contributed by atoms with Gasteiger partial charge in [0.25, 0.3) is 0 Å². The summed E-state index contributed by atoms with van der Waals surface area (Å²) in [6, 6.07) is 3.52. The quantitative estimate of drug-likeness (QED) is 0.614. The molecule has 4 heteroatoms. The molecule has 0 N–H and O–H groups in total. The van der Waals surface area contributed by atoms with Crippen LogP contribution in [-0.4, -0.2) is 5.91 Å². The summed E-state index contributed by atoms with van der Waals surface area (Å²) in [4.78, 5) is 11.3. The van der Waals surface area contributed by atoms with Gasteiger partial charge >= 0.3 is 5.91 Å². The summed E-state index contributed by atoms with van der Waals surface area (Å²) in [5.74, 6) is -0.270. The molecular weight excluding hydrogens is 154 g/mol. The third-order valence-electron chi connectivity index (χ3n) is 0.823. The molecule has 0 aliphatic carbocycles. The predicted molar refractivity (Wildman–Crippen MR) is 39.8 cm³/mol. The summed E-state index contributed by atoms with van der Waals surface area (Å²) in [7, 11) is 0. The summed E-state index contributed by atoms with van der Waals surface area (Å²) < 4.78 is 3.20. The highest BCUT2D eigenvalue weighted by Crippen LogP contribution is 2.07. The van der Waals surface area contributed by atoms with Gasteiger partial charge < -0.3 is 0 Å². The van der Waals surface area contributed by atoms with Crippen LogP contribution in [0.25, 0.3) is 0 Å². The second-order valence-electron chi connectivity index (χ2n) is 1.38. The number of nitrogens with zero attached hydrogens (tertiary/aromatic N) is 1. The first-order chi connectivity index (χ1) is 4.34. The predicted octanol–water partition coefficient (Wildman–Crippen LogP) is 1.34. The zero-order valence-electron chi connectivity index (χ0n) is 4.44. The minimum absolute atomic E-state index is 0.270. The average Bonchev–Trinajstić information content (AvgIpc) is 2.37. The topological polar surface area (TPSA) is 31.2 Å². The molecule has 2 radical (unpaired) electrons. The Morgan fingerprint density at radius 3 is 3.00 bits per heavy atom. The number of rotatable bonds is 1. The minimum atomic E-state index is -0.270. The molecule has 1 aromatic rings. The van der Waals surface area contributed by atoms with E-state index in [2.05, 4.69) is 17.5 Å². The molecule has 0 saturated heterocycles. The smallest absolute Gasteiger partial charge is 0.211 e. The molecule has 2 nitrogen and oxygen atoms in total. The molecule has 9 heavy (non-hydrogen) atoms. The lowest BCUT2D eigenvalue weighted by molar-refractivity contribution is 0.0986. The maximum Gasteiger partial charge on any atom is 0.478 e. The SMILES string of the molecule is O=C([N+]S)c1cccs1. The second kappa shape index (κ2) is 3.00. The van der Waals surface area contributed by atoms with Crippen molar-refractivity contribution in [1.82, 2.24) is 4.72 Å². The Balaban J connectivity index is 2.77. The van der Waals surface area contributed by atoms with E-state index in [-0.39, 0.29) is 5.91 Å². The van der Waals surface area contributed by atoms with E-state index in [1.807, 2.05) is 5.38 Å². The van der Waals surface area contributed by atoms with Crippen LogP contribution in [-0.2, 0) is 0 Å². The van der Waals surface area contributed by atoms with Gasteiger partial charge in [-0.2, -0.15) is 0 Å². The molecule has 0 aliphatic heterocycles. The molecular formula is C5H4NOS2+. The zero-order valence-corrected chi connectivity index (χ0v) is 6.15. The lowest BCUT2D eigenvalue weighted by Gasteiger charge is -1.71. The van der Waals surface area contributed by atoms with E-state index in [1.165, 1.54) is 11.3 Å². The Kier molecular flexibility index (Phi) is 2.27. The molecule has 0 aliphatic rings. The van der Waals surface area contributed by atoms with Crippen molar-refractivity contribution in [3.63, 3.8) is 0 Å². The second-order valence-corrected chi connectivity index (χ2v) is 2.53. The standard InChI is InChI=1S/C5H4NOS2/c7-5(6-8)4-2-1-3-9-4/h1-3,8H/q+1. The summed E-state index contributed by atoms with van der Waals surface area (Å²) in [5.41, 5.74) is 0. The lowest BCUT2D eigenvalue weighted by Crippen LogP contribution is -2.02. The first kappa shape index (κ1) is 6.80. The molecule has 0 atom stereocenters. The molecule has 0 bridgehead atoms. The maximum absolute atomic E-state index is 10.6. The van der Waals surface area contributed by atoms with Crippen molar-refractivity contribution in [2.45, 2.75) is 0 Å². The number of carbonyl (C=O) groups is 1. The van der Waals surface area contributed by atoms with Gasteiger partial charge in [0.15, 0.2) is 12.8 Å². The van der Waals surface area contributed by atoms with E-state index < -0.39 is 0 Å². The molecule has 1 aromatic heterocycles. The van der Waals surface area contributed by atoms with Gasteiger partial charge in [-0.05, 0) is 11.4 Å². The number of carbonyl (C=O) groups excluding carboxylic acids is 1. The van der Waals surface area contributed by atoms with E-state index in [1.54, 1.807) is 12.1 Å². The van der Waals surface area contributed by atoms with Crippen LogP contribution < -0.4 is 4.72 Å². The van der Waals surface area contributed by atoms with Gasteiger partial charge in [-0.3, -0.25) is 0 Å². The van der Waals surface area contributed by atoms with Crippen LogP contribution >= 0.6 is 24.2 Å². The molecule has 46 valence electrons. The number of amides is 1. The van der Waals surface area contributed by atoms with Crippen LogP contribution in [0.5, 0.6) is 0 Å². The van der Waals surface area contributed by atoms with Crippen molar-refractivity contribution < 1.29 is 4.79 Å². The molecule has 0 fully saturated rings. The highest BCUT2D eigenvalue weighted by atomic mass is 32.1. The molecule has 0 spiro atoms. The lowest BCUT2D eigenvalue weighted by atomic mass is 10.5. The van der Waals surface area contributed by atoms with E-state index in [0.29, 0.717) is 4.88 Å². The minimum Gasteiger partial charge on any atom is -0.211 e. The van der Waals surface area contributed by atoms with E-state index >= 15 is 0 Å². The number of hydrogen-bond acceptors (Lipinski definition) is 3. The maximum atomic E-state index is 10.6. The third kappa shape index (κ3) is 1.54. The molecule has 1 heterocycles. The molecule has 1 rings (SSSR count). The summed E-state index contributed by atoms with van der Waals surface area (Å²) >= 11 is 4.85. The van der Waals surface area contributed by atoms with Crippen LogP contribution in [0, 0.1) is 0 Å². The fraction of sp³-hybridized carbons (Fsp3) is 0. The van der Waals surface area contributed by atoms with Crippen molar-refractivity contribution in [3.8, 4) is 0 Å². The third-order valence-corrected chi connectivity index (χ3v) is 1.86. The molecule has 0 aromatic carbocycles. The molecule has 0 unspecified atom stereocenters. The van der Waals surface area contributed by atoms with Gasteiger partial charge in [-0.25, -0.2) is 4.79 Å². The Hall–Kier alpha value is -0.320. The first-order valence-corrected chi connectivity index (χ1v) is 3.55. The Morgan fingerprint density at radius 2 is 2.56 bits per heavy atom. The highest BCUT2D eigenvalue weighted by Gasteiger charge is 2.17.